The summed E-state index contributed by atoms with van der Waals surface area (Å²) in [6.07, 6.45) is 0. The van der Waals surface area contributed by atoms with Crippen LogP contribution in [0, 0.1) is 10.1 Å². The Bertz CT molecular complexity index is 1030. The highest BCUT2D eigenvalue weighted by Crippen LogP contribution is 2.19. The van der Waals surface area contributed by atoms with E-state index in [-0.39, 0.29) is 5.69 Å². The molecule has 3 N–H and O–H groups in total. The van der Waals surface area contributed by atoms with Gasteiger partial charge in [-0.25, -0.2) is 4.99 Å². The topological polar surface area (TPSA) is 91.6 Å². The van der Waals surface area contributed by atoms with Gasteiger partial charge in [-0.1, -0.05) is 46.3 Å². The maximum Gasteiger partial charge on any atom is 0.269 e. The van der Waals surface area contributed by atoms with Gasteiger partial charge in [-0.05, 0) is 48.6 Å². The average molecular weight is 470 g/mol. The fraction of sp³-hybridized carbons (Fsp3) is 0. The third kappa shape index (κ3) is 6.09. The van der Waals surface area contributed by atoms with Crippen molar-refractivity contribution in [2.24, 2.45) is 4.99 Å². The van der Waals surface area contributed by atoms with E-state index in [1.54, 1.807) is 12.1 Å². The maximum absolute atomic E-state index is 10.8. The zero-order valence-corrected chi connectivity index (χ0v) is 17.4. The van der Waals surface area contributed by atoms with Crippen LogP contribution in [0.5, 0.6) is 0 Å². The van der Waals surface area contributed by atoms with Gasteiger partial charge in [0.2, 0.25) is 0 Å². The zero-order valence-electron chi connectivity index (χ0n) is 15.0. The molecule has 0 aliphatic heterocycles. The van der Waals surface area contributed by atoms with E-state index < -0.39 is 4.92 Å². The van der Waals surface area contributed by atoms with Crippen molar-refractivity contribution in [1.29, 1.82) is 0 Å². The molecule has 3 aromatic rings. The largest absolute Gasteiger partial charge is 0.331 e. The van der Waals surface area contributed by atoms with E-state index in [4.69, 9.17) is 12.2 Å². The van der Waals surface area contributed by atoms with Crippen molar-refractivity contribution in [1.82, 2.24) is 10.9 Å². The van der Waals surface area contributed by atoms with Gasteiger partial charge < -0.3 is 5.32 Å². The van der Waals surface area contributed by atoms with Gasteiger partial charge in [-0.3, -0.25) is 21.0 Å². The summed E-state index contributed by atoms with van der Waals surface area (Å²) in [7, 11) is 0. The van der Waals surface area contributed by atoms with Crippen molar-refractivity contribution >= 4 is 56.2 Å². The highest BCUT2D eigenvalue weighted by Gasteiger charge is 2.07. The number of rotatable bonds is 4. The minimum absolute atomic E-state index is 0.0103. The Morgan fingerprint density at radius 2 is 1.59 bits per heavy atom. The number of benzene rings is 3. The number of aliphatic imine (C=N–C) groups is 1. The van der Waals surface area contributed by atoms with E-state index in [0.29, 0.717) is 16.6 Å². The van der Waals surface area contributed by atoms with Crippen LogP contribution in [0.3, 0.4) is 0 Å². The lowest BCUT2D eigenvalue weighted by atomic mass is 10.2. The van der Waals surface area contributed by atoms with Crippen LogP contribution in [0.15, 0.2) is 88.3 Å². The lowest BCUT2D eigenvalue weighted by Crippen LogP contribution is -2.44. The molecule has 0 radical (unpaired) electrons. The number of nitro benzene ring substituents is 1. The normalized spacial score (nSPS) is 10.9. The number of nitrogens with one attached hydrogen (secondary N) is 3. The molecule has 3 aromatic carbocycles. The predicted octanol–water partition coefficient (Wildman–Crippen LogP) is 4.93. The molecule has 0 aliphatic carbocycles. The van der Waals surface area contributed by atoms with E-state index >= 15 is 0 Å². The maximum atomic E-state index is 10.8. The summed E-state index contributed by atoms with van der Waals surface area (Å²) in [5, 5.41) is 14.3. The van der Waals surface area contributed by atoms with Crippen molar-refractivity contribution in [3.63, 3.8) is 0 Å². The molecule has 0 fully saturated rings. The molecule has 0 spiro atoms. The summed E-state index contributed by atoms with van der Waals surface area (Å²) in [6.45, 7) is 0. The smallest absolute Gasteiger partial charge is 0.269 e. The van der Waals surface area contributed by atoms with Crippen LogP contribution >= 0.6 is 28.1 Å². The molecule has 0 aliphatic rings. The molecule has 0 aromatic heterocycles. The number of anilines is 1. The number of hydrogen-bond acceptors (Lipinski definition) is 4. The second-order valence-electron chi connectivity index (χ2n) is 5.81. The van der Waals surface area contributed by atoms with Crippen LogP contribution in [-0.4, -0.2) is 15.9 Å². The number of hydrogen-bond donors (Lipinski definition) is 3. The SMILES string of the molecule is O=[N+]([O-])c1ccc(N=C(NNC(=S)Nc2ccc(Br)cc2)c2ccccc2)cc1. The van der Waals surface area contributed by atoms with Gasteiger partial charge in [-0.2, -0.15) is 0 Å². The molecular formula is C20H16BrN5O2S. The first-order valence-electron chi connectivity index (χ1n) is 8.48. The van der Waals surface area contributed by atoms with Crippen molar-refractivity contribution in [2.45, 2.75) is 0 Å². The van der Waals surface area contributed by atoms with E-state index in [9.17, 15) is 10.1 Å². The second kappa shape index (κ2) is 9.76. The van der Waals surface area contributed by atoms with Crippen molar-refractivity contribution < 1.29 is 4.92 Å². The number of nitro groups is 1. The highest BCUT2D eigenvalue weighted by atomic mass is 79.9. The molecule has 0 amide bonds. The van der Waals surface area contributed by atoms with E-state index in [0.717, 1.165) is 15.7 Å². The molecule has 0 saturated carbocycles. The number of hydrazine groups is 1. The van der Waals surface area contributed by atoms with Gasteiger partial charge >= 0.3 is 0 Å². The van der Waals surface area contributed by atoms with Crippen LogP contribution in [0.4, 0.5) is 17.1 Å². The zero-order chi connectivity index (χ0) is 20.6. The third-order valence-electron chi connectivity index (χ3n) is 3.75. The van der Waals surface area contributed by atoms with Gasteiger partial charge in [0.15, 0.2) is 10.9 Å². The molecule has 0 unspecified atom stereocenters. The van der Waals surface area contributed by atoms with Crippen molar-refractivity contribution in [3.8, 4) is 0 Å². The van der Waals surface area contributed by atoms with Crippen LogP contribution < -0.4 is 16.2 Å². The molecule has 9 heteroatoms. The lowest BCUT2D eigenvalue weighted by molar-refractivity contribution is -0.384. The van der Waals surface area contributed by atoms with Crippen molar-refractivity contribution in [3.05, 3.63) is 99.0 Å². The summed E-state index contributed by atoms with van der Waals surface area (Å²) in [5.74, 6) is 0.513. The highest BCUT2D eigenvalue weighted by molar-refractivity contribution is 9.10. The third-order valence-corrected chi connectivity index (χ3v) is 4.48. The Balaban J connectivity index is 1.74. The Morgan fingerprint density at radius 3 is 2.21 bits per heavy atom. The van der Waals surface area contributed by atoms with E-state index in [2.05, 4.69) is 37.1 Å². The van der Waals surface area contributed by atoms with Crippen LogP contribution in [0.1, 0.15) is 5.56 Å². The molecule has 3 rings (SSSR count). The minimum atomic E-state index is -0.447. The predicted molar refractivity (Wildman–Crippen MR) is 122 cm³/mol. The number of thiocarbonyl (C=S) groups is 1. The van der Waals surface area contributed by atoms with Crippen LogP contribution in [0.25, 0.3) is 0 Å². The Morgan fingerprint density at radius 1 is 0.931 bits per heavy atom. The number of nitrogens with zero attached hydrogens (tertiary/aromatic N) is 2. The average Bonchev–Trinajstić information content (AvgIpc) is 2.73. The Kier molecular flexibility index (Phi) is 6.88. The van der Waals surface area contributed by atoms with Crippen LogP contribution in [-0.2, 0) is 0 Å². The molecule has 29 heavy (non-hydrogen) atoms. The summed E-state index contributed by atoms with van der Waals surface area (Å²) in [6, 6.07) is 23.1. The van der Waals surface area contributed by atoms with Gasteiger partial charge in [-0.15, -0.1) is 0 Å². The summed E-state index contributed by atoms with van der Waals surface area (Å²) in [4.78, 5) is 14.9. The fourth-order valence-corrected chi connectivity index (χ4v) is 2.78. The number of non-ortho nitro benzene ring substituents is 1. The number of amidine groups is 1. The lowest BCUT2D eigenvalue weighted by Gasteiger charge is -2.14. The van der Waals surface area contributed by atoms with Gasteiger partial charge in [0.25, 0.3) is 5.69 Å². The molecular weight excluding hydrogens is 454 g/mol. The first-order chi connectivity index (χ1) is 14.0. The monoisotopic (exact) mass is 469 g/mol. The summed E-state index contributed by atoms with van der Waals surface area (Å²) < 4.78 is 0.974. The standard InChI is InChI=1S/C20H16BrN5O2S/c21-15-6-8-17(9-7-15)23-20(29)25-24-19(14-4-2-1-3-5-14)22-16-10-12-18(13-11-16)26(27)28/h1-13H,(H,22,24)(H2,23,25,29). The van der Waals surface area contributed by atoms with Gasteiger partial charge in [0.05, 0.1) is 10.6 Å². The fourth-order valence-electron chi connectivity index (χ4n) is 2.35. The molecule has 0 heterocycles. The molecule has 146 valence electrons. The molecule has 0 saturated heterocycles. The number of halogens is 1. The quantitative estimate of drug-likeness (QED) is 0.165. The second-order valence-corrected chi connectivity index (χ2v) is 7.13. The Labute approximate surface area is 181 Å². The van der Waals surface area contributed by atoms with Crippen molar-refractivity contribution in [2.75, 3.05) is 5.32 Å². The van der Waals surface area contributed by atoms with E-state index in [1.165, 1.54) is 12.1 Å². The molecule has 7 nitrogen and oxygen atoms in total. The minimum Gasteiger partial charge on any atom is -0.331 e. The van der Waals surface area contributed by atoms with E-state index in [1.807, 2.05) is 54.6 Å². The summed E-state index contributed by atoms with van der Waals surface area (Å²) >= 11 is 8.71. The molecule has 0 atom stereocenters. The molecule has 0 bridgehead atoms. The first-order valence-corrected chi connectivity index (χ1v) is 9.68. The summed E-state index contributed by atoms with van der Waals surface area (Å²) in [5.41, 5.74) is 8.15. The first kappa shape index (κ1) is 20.4. The van der Waals surface area contributed by atoms with Gasteiger partial charge in [0, 0.05) is 27.9 Å². The van der Waals surface area contributed by atoms with Crippen LogP contribution in [0.2, 0.25) is 0 Å². The van der Waals surface area contributed by atoms with Gasteiger partial charge in [0.1, 0.15) is 0 Å². The Hall–Kier alpha value is -3.30.